The molecular formula is C12H19NS. The average molecular weight is 209 g/mol. The van der Waals surface area contributed by atoms with Gasteiger partial charge in [-0.2, -0.15) is 0 Å². The van der Waals surface area contributed by atoms with Crippen LogP contribution in [0.5, 0.6) is 0 Å². The minimum absolute atomic E-state index is 0.635. The summed E-state index contributed by atoms with van der Waals surface area (Å²) >= 11 is 1.93. The zero-order valence-electron chi connectivity index (χ0n) is 8.99. The second kappa shape index (κ2) is 6.91. The van der Waals surface area contributed by atoms with E-state index in [1.807, 2.05) is 11.8 Å². The maximum atomic E-state index is 3.42. The highest BCUT2D eigenvalue weighted by molar-refractivity contribution is 7.99. The smallest absolute Gasteiger partial charge is 0.00719 e. The van der Waals surface area contributed by atoms with Gasteiger partial charge in [0.15, 0.2) is 0 Å². The third-order valence-corrected chi connectivity index (χ3v) is 3.16. The minimum Gasteiger partial charge on any atom is -0.315 e. The number of thioether (sulfide) groups is 1. The minimum atomic E-state index is 0.635. The lowest BCUT2D eigenvalue weighted by Crippen LogP contribution is -2.25. The Balaban J connectivity index is 2.16. The monoisotopic (exact) mass is 209 g/mol. The normalized spacial score (nSPS) is 12.7. The SMILES string of the molecule is CCNC(C)CCSc1ccccc1. The molecule has 78 valence electrons. The molecule has 1 rings (SSSR count). The van der Waals surface area contributed by atoms with Gasteiger partial charge in [0.25, 0.3) is 0 Å². The first kappa shape index (κ1) is 11.6. The molecule has 0 saturated carbocycles. The molecule has 0 fully saturated rings. The fourth-order valence-electron chi connectivity index (χ4n) is 1.32. The van der Waals surface area contributed by atoms with Crippen LogP contribution in [0.1, 0.15) is 20.3 Å². The van der Waals surface area contributed by atoms with Crippen molar-refractivity contribution in [2.24, 2.45) is 0 Å². The molecule has 0 spiro atoms. The van der Waals surface area contributed by atoms with E-state index in [9.17, 15) is 0 Å². The van der Waals surface area contributed by atoms with Gasteiger partial charge in [0, 0.05) is 10.9 Å². The van der Waals surface area contributed by atoms with Crippen molar-refractivity contribution >= 4 is 11.8 Å². The molecule has 1 unspecified atom stereocenters. The van der Waals surface area contributed by atoms with Gasteiger partial charge in [0.2, 0.25) is 0 Å². The lowest BCUT2D eigenvalue weighted by atomic mass is 10.3. The number of rotatable bonds is 6. The zero-order chi connectivity index (χ0) is 10.2. The van der Waals surface area contributed by atoms with E-state index in [1.165, 1.54) is 17.1 Å². The Morgan fingerprint density at radius 2 is 2.00 bits per heavy atom. The first-order chi connectivity index (χ1) is 6.83. The zero-order valence-corrected chi connectivity index (χ0v) is 9.81. The van der Waals surface area contributed by atoms with Gasteiger partial charge in [-0.15, -0.1) is 11.8 Å². The van der Waals surface area contributed by atoms with Crippen LogP contribution < -0.4 is 5.32 Å². The Bertz CT molecular complexity index is 235. The van der Waals surface area contributed by atoms with Crippen LogP contribution in [0.15, 0.2) is 35.2 Å². The van der Waals surface area contributed by atoms with Crippen LogP contribution in [-0.4, -0.2) is 18.3 Å². The molecule has 2 heteroatoms. The number of hydrogen-bond acceptors (Lipinski definition) is 2. The van der Waals surface area contributed by atoms with Crippen LogP contribution in [0.4, 0.5) is 0 Å². The molecule has 14 heavy (non-hydrogen) atoms. The van der Waals surface area contributed by atoms with E-state index >= 15 is 0 Å². The third-order valence-electron chi connectivity index (χ3n) is 2.12. The Hall–Kier alpha value is -0.470. The summed E-state index contributed by atoms with van der Waals surface area (Å²) < 4.78 is 0. The first-order valence-corrected chi connectivity index (χ1v) is 6.22. The van der Waals surface area contributed by atoms with Crippen LogP contribution in [0.2, 0.25) is 0 Å². The summed E-state index contributed by atoms with van der Waals surface area (Å²) in [6, 6.07) is 11.2. The largest absolute Gasteiger partial charge is 0.315 e. The van der Waals surface area contributed by atoms with Crippen molar-refractivity contribution in [2.45, 2.75) is 31.2 Å². The maximum Gasteiger partial charge on any atom is 0.00719 e. The molecule has 0 aliphatic rings. The van der Waals surface area contributed by atoms with Crippen LogP contribution in [0, 0.1) is 0 Å². The fraction of sp³-hybridized carbons (Fsp3) is 0.500. The molecular weight excluding hydrogens is 190 g/mol. The standard InChI is InChI=1S/C12H19NS/c1-3-13-11(2)9-10-14-12-7-5-4-6-8-12/h4-8,11,13H,3,9-10H2,1-2H3. The average Bonchev–Trinajstić information content (AvgIpc) is 2.20. The fourth-order valence-corrected chi connectivity index (χ4v) is 2.38. The molecule has 0 aliphatic heterocycles. The maximum absolute atomic E-state index is 3.42. The summed E-state index contributed by atoms with van der Waals surface area (Å²) in [6.45, 7) is 5.47. The molecule has 0 aromatic heterocycles. The first-order valence-electron chi connectivity index (χ1n) is 5.24. The van der Waals surface area contributed by atoms with E-state index in [0.29, 0.717) is 6.04 Å². The number of hydrogen-bond donors (Lipinski definition) is 1. The highest BCUT2D eigenvalue weighted by atomic mass is 32.2. The van der Waals surface area contributed by atoms with E-state index < -0.39 is 0 Å². The van der Waals surface area contributed by atoms with Crippen molar-refractivity contribution in [1.29, 1.82) is 0 Å². The Labute approximate surface area is 91.3 Å². The highest BCUT2D eigenvalue weighted by Gasteiger charge is 1.99. The van der Waals surface area contributed by atoms with Gasteiger partial charge in [0.05, 0.1) is 0 Å². The van der Waals surface area contributed by atoms with Gasteiger partial charge in [0.1, 0.15) is 0 Å². The Morgan fingerprint density at radius 3 is 2.64 bits per heavy atom. The summed E-state index contributed by atoms with van der Waals surface area (Å²) in [5.74, 6) is 1.19. The van der Waals surface area contributed by atoms with Gasteiger partial charge < -0.3 is 5.32 Å². The molecule has 0 amide bonds. The van der Waals surface area contributed by atoms with Crippen molar-refractivity contribution in [1.82, 2.24) is 5.32 Å². The lowest BCUT2D eigenvalue weighted by molar-refractivity contribution is 0.556. The van der Waals surface area contributed by atoms with Crippen molar-refractivity contribution in [3.05, 3.63) is 30.3 Å². The quantitative estimate of drug-likeness (QED) is 0.722. The predicted octanol–water partition coefficient (Wildman–Crippen LogP) is 3.17. The molecule has 1 aromatic rings. The number of benzene rings is 1. The summed E-state index contributed by atoms with van der Waals surface area (Å²) in [7, 11) is 0. The Morgan fingerprint density at radius 1 is 1.29 bits per heavy atom. The van der Waals surface area contributed by atoms with E-state index in [4.69, 9.17) is 0 Å². The Kier molecular flexibility index (Phi) is 5.72. The highest BCUT2D eigenvalue weighted by Crippen LogP contribution is 2.18. The molecule has 1 nitrogen and oxygen atoms in total. The molecule has 0 aliphatic carbocycles. The van der Waals surface area contributed by atoms with Gasteiger partial charge in [-0.05, 0) is 37.8 Å². The van der Waals surface area contributed by atoms with Gasteiger partial charge >= 0.3 is 0 Å². The third kappa shape index (κ3) is 4.68. The van der Waals surface area contributed by atoms with Gasteiger partial charge in [-0.25, -0.2) is 0 Å². The van der Waals surface area contributed by atoms with Crippen LogP contribution >= 0.6 is 11.8 Å². The van der Waals surface area contributed by atoms with Gasteiger partial charge in [-0.3, -0.25) is 0 Å². The van der Waals surface area contributed by atoms with E-state index in [0.717, 1.165) is 6.54 Å². The summed E-state index contributed by atoms with van der Waals surface area (Å²) in [6.07, 6.45) is 1.23. The predicted molar refractivity (Wildman–Crippen MR) is 64.9 cm³/mol. The van der Waals surface area contributed by atoms with Crippen LogP contribution in [0.25, 0.3) is 0 Å². The second-order valence-corrected chi connectivity index (χ2v) is 4.58. The van der Waals surface area contributed by atoms with E-state index in [1.54, 1.807) is 0 Å². The molecule has 0 bridgehead atoms. The number of nitrogens with one attached hydrogen (secondary N) is 1. The summed E-state index contributed by atoms with van der Waals surface area (Å²) in [5.41, 5.74) is 0. The van der Waals surface area contributed by atoms with E-state index in [2.05, 4.69) is 49.5 Å². The summed E-state index contributed by atoms with van der Waals surface area (Å²) in [4.78, 5) is 1.37. The summed E-state index contributed by atoms with van der Waals surface area (Å²) in [5, 5.41) is 3.42. The van der Waals surface area contributed by atoms with Crippen molar-refractivity contribution in [3.8, 4) is 0 Å². The molecule has 1 atom stereocenters. The molecule has 0 heterocycles. The molecule has 0 radical (unpaired) electrons. The van der Waals surface area contributed by atoms with Crippen molar-refractivity contribution in [3.63, 3.8) is 0 Å². The van der Waals surface area contributed by atoms with Crippen molar-refractivity contribution in [2.75, 3.05) is 12.3 Å². The molecule has 0 saturated heterocycles. The topological polar surface area (TPSA) is 12.0 Å². The molecule has 1 N–H and O–H groups in total. The van der Waals surface area contributed by atoms with Gasteiger partial charge in [-0.1, -0.05) is 25.1 Å². The van der Waals surface area contributed by atoms with Crippen LogP contribution in [0.3, 0.4) is 0 Å². The van der Waals surface area contributed by atoms with Crippen molar-refractivity contribution < 1.29 is 0 Å². The lowest BCUT2D eigenvalue weighted by Gasteiger charge is -2.11. The van der Waals surface area contributed by atoms with E-state index in [-0.39, 0.29) is 0 Å². The molecule has 1 aromatic carbocycles. The second-order valence-electron chi connectivity index (χ2n) is 3.41. The van der Waals surface area contributed by atoms with Crippen LogP contribution in [-0.2, 0) is 0 Å².